The van der Waals surface area contributed by atoms with Crippen molar-refractivity contribution in [2.45, 2.75) is 104 Å². The third-order valence-electron chi connectivity index (χ3n) is 10.8. The highest BCUT2D eigenvalue weighted by atomic mass is 16.4. The van der Waals surface area contributed by atoms with Crippen LogP contribution in [0.25, 0.3) is 0 Å². The van der Waals surface area contributed by atoms with E-state index in [9.17, 15) is 10.2 Å². The van der Waals surface area contributed by atoms with Crippen molar-refractivity contribution in [1.29, 1.82) is 0 Å². The van der Waals surface area contributed by atoms with Crippen molar-refractivity contribution in [3.63, 3.8) is 0 Å². The second-order valence-electron chi connectivity index (χ2n) is 12.2. The molecule has 5 nitrogen and oxygen atoms in total. The standard InChI is InChI=1S/C26H42N2O3/c1-15(5-8-23-28-27-16(2)31-23)19-6-7-20-24-21(10-12-26(19,20)4)25(3)11-9-18(29)13-17(25)14-22(24)30/h15,17-22,24,29-30H,5-14H2,1-4H3/t15-,17+,18-,19-,20+,21+,22-,24+,25+,26-/m1/s1. The molecule has 4 aliphatic rings. The molecule has 5 heteroatoms. The fourth-order valence-electron chi connectivity index (χ4n) is 9.17. The Labute approximate surface area is 187 Å². The molecule has 4 fully saturated rings. The molecule has 4 saturated carbocycles. The summed E-state index contributed by atoms with van der Waals surface area (Å²) in [7, 11) is 0. The van der Waals surface area contributed by atoms with Crippen LogP contribution in [0.15, 0.2) is 4.42 Å². The summed E-state index contributed by atoms with van der Waals surface area (Å²) in [5, 5.41) is 29.8. The second-order valence-corrected chi connectivity index (χ2v) is 12.2. The summed E-state index contributed by atoms with van der Waals surface area (Å²) in [4.78, 5) is 0. The lowest BCUT2D eigenvalue weighted by Gasteiger charge is -2.62. The van der Waals surface area contributed by atoms with Crippen molar-refractivity contribution in [2.24, 2.45) is 46.3 Å². The summed E-state index contributed by atoms with van der Waals surface area (Å²) in [6.07, 6.45) is 10.6. The number of fused-ring (bicyclic) bond motifs is 5. The summed E-state index contributed by atoms with van der Waals surface area (Å²) in [6, 6.07) is 0. The molecule has 4 aliphatic carbocycles. The molecule has 0 aromatic carbocycles. The first kappa shape index (κ1) is 21.9. The predicted octanol–water partition coefficient (Wildman–Crippen LogP) is 4.94. The molecule has 0 unspecified atom stereocenters. The first-order valence-corrected chi connectivity index (χ1v) is 12.9. The topological polar surface area (TPSA) is 79.4 Å². The van der Waals surface area contributed by atoms with Gasteiger partial charge in [-0.15, -0.1) is 10.2 Å². The van der Waals surface area contributed by atoms with Crippen LogP contribution < -0.4 is 0 Å². The summed E-state index contributed by atoms with van der Waals surface area (Å²) < 4.78 is 5.61. The van der Waals surface area contributed by atoms with Crippen LogP contribution in [0.4, 0.5) is 0 Å². The van der Waals surface area contributed by atoms with Crippen LogP contribution in [0.1, 0.15) is 90.3 Å². The Bertz CT molecular complexity index is 795. The highest BCUT2D eigenvalue weighted by Crippen LogP contribution is 2.68. The Morgan fingerprint density at radius 2 is 1.74 bits per heavy atom. The molecule has 1 heterocycles. The number of rotatable bonds is 4. The molecule has 31 heavy (non-hydrogen) atoms. The van der Waals surface area contributed by atoms with E-state index in [1.807, 2.05) is 6.92 Å². The van der Waals surface area contributed by atoms with E-state index in [4.69, 9.17) is 4.42 Å². The summed E-state index contributed by atoms with van der Waals surface area (Å²) in [5.41, 5.74) is 0.647. The molecule has 0 aliphatic heterocycles. The summed E-state index contributed by atoms with van der Waals surface area (Å²) in [5.74, 6) is 4.99. The molecular formula is C26H42N2O3. The minimum Gasteiger partial charge on any atom is -0.426 e. The van der Waals surface area contributed by atoms with Crippen molar-refractivity contribution >= 4 is 0 Å². The Morgan fingerprint density at radius 1 is 1.00 bits per heavy atom. The van der Waals surface area contributed by atoms with Crippen molar-refractivity contribution in [2.75, 3.05) is 0 Å². The molecule has 0 amide bonds. The number of hydrogen-bond acceptors (Lipinski definition) is 5. The van der Waals surface area contributed by atoms with Crippen LogP contribution in [-0.4, -0.2) is 32.6 Å². The molecular weight excluding hydrogens is 388 g/mol. The molecule has 0 spiro atoms. The van der Waals surface area contributed by atoms with Gasteiger partial charge in [0, 0.05) is 13.3 Å². The van der Waals surface area contributed by atoms with Gasteiger partial charge >= 0.3 is 0 Å². The number of aliphatic hydroxyl groups is 2. The molecule has 0 saturated heterocycles. The first-order chi connectivity index (χ1) is 14.7. The van der Waals surface area contributed by atoms with Gasteiger partial charge in [0.15, 0.2) is 0 Å². The van der Waals surface area contributed by atoms with E-state index in [-0.39, 0.29) is 12.2 Å². The van der Waals surface area contributed by atoms with Crippen LogP contribution in [0, 0.1) is 53.3 Å². The summed E-state index contributed by atoms with van der Waals surface area (Å²) in [6.45, 7) is 9.32. The molecule has 0 bridgehead atoms. The zero-order valence-electron chi connectivity index (χ0n) is 19.9. The maximum Gasteiger partial charge on any atom is 0.216 e. The van der Waals surface area contributed by atoms with Gasteiger partial charge < -0.3 is 14.6 Å². The van der Waals surface area contributed by atoms with Gasteiger partial charge in [-0.3, -0.25) is 0 Å². The molecule has 1 aromatic rings. The fraction of sp³-hybridized carbons (Fsp3) is 0.923. The number of aromatic nitrogens is 2. The average molecular weight is 431 g/mol. The van der Waals surface area contributed by atoms with Crippen LogP contribution in [0.3, 0.4) is 0 Å². The van der Waals surface area contributed by atoms with Crippen molar-refractivity contribution in [3.05, 3.63) is 11.8 Å². The van der Waals surface area contributed by atoms with Gasteiger partial charge in [-0.1, -0.05) is 20.8 Å². The fourth-order valence-corrected chi connectivity index (χ4v) is 9.17. The van der Waals surface area contributed by atoms with Crippen LogP contribution >= 0.6 is 0 Å². The Balaban J connectivity index is 1.32. The Morgan fingerprint density at radius 3 is 2.48 bits per heavy atom. The highest BCUT2D eigenvalue weighted by molar-refractivity contribution is 5.11. The van der Waals surface area contributed by atoms with E-state index in [1.165, 1.54) is 25.7 Å². The van der Waals surface area contributed by atoms with Gasteiger partial charge in [0.2, 0.25) is 11.8 Å². The molecule has 174 valence electrons. The zero-order valence-corrected chi connectivity index (χ0v) is 19.9. The number of aliphatic hydroxyl groups excluding tert-OH is 2. The van der Waals surface area contributed by atoms with E-state index in [0.29, 0.717) is 52.2 Å². The highest BCUT2D eigenvalue weighted by Gasteiger charge is 2.62. The normalized spacial score (nSPS) is 48.0. The minimum atomic E-state index is -0.187. The monoisotopic (exact) mass is 430 g/mol. The van der Waals surface area contributed by atoms with Gasteiger partial charge in [0.25, 0.3) is 0 Å². The molecule has 1 aromatic heterocycles. The van der Waals surface area contributed by atoms with Crippen molar-refractivity contribution in [1.82, 2.24) is 10.2 Å². The maximum atomic E-state index is 11.4. The lowest BCUT2D eigenvalue weighted by Crippen LogP contribution is -2.58. The van der Waals surface area contributed by atoms with E-state index in [0.717, 1.165) is 44.4 Å². The molecule has 5 rings (SSSR count). The molecule has 2 N–H and O–H groups in total. The lowest BCUT2D eigenvalue weighted by molar-refractivity contribution is -0.174. The first-order valence-electron chi connectivity index (χ1n) is 12.9. The van der Waals surface area contributed by atoms with Gasteiger partial charge in [-0.2, -0.15) is 0 Å². The van der Waals surface area contributed by atoms with Gasteiger partial charge in [0.05, 0.1) is 12.2 Å². The maximum absolute atomic E-state index is 11.4. The predicted molar refractivity (Wildman–Crippen MR) is 119 cm³/mol. The van der Waals surface area contributed by atoms with E-state index in [1.54, 1.807) is 0 Å². The smallest absolute Gasteiger partial charge is 0.216 e. The van der Waals surface area contributed by atoms with Crippen molar-refractivity contribution in [3.8, 4) is 0 Å². The van der Waals surface area contributed by atoms with E-state index >= 15 is 0 Å². The SMILES string of the molecule is Cc1nnc(CC[C@@H](C)[C@H]2CC[C@H]3[C@@H]4[C@H](O)C[C@@H]5C[C@H](O)CC[C@]5(C)[C@H]4CC[C@]23C)o1. The van der Waals surface area contributed by atoms with Crippen molar-refractivity contribution < 1.29 is 14.6 Å². The van der Waals surface area contributed by atoms with Crippen LogP contribution in [-0.2, 0) is 6.42 Å². The largest absolute Gasteiger partial charge is 0.426 e. The average Bonchev–Trinajstić information content (AvgIpc) is 3.30. The van der Waals surface area contributed by atoms with Crippen LogP contribution in [0.2, 0.25) is 0 Å². The van der Waals surface area contributed by atoms with Gasteiger partial charge in [-0.25, -0.2) is 0 Å². The molecule has 10 atom stereocenters. The Kier molecular flexibility index (Phi) is 5.53. The minimum absolute atomic E-state index is 0.157. The zero-order chi connectivity index (χ0) is 22.0. The second kappa shape index (κ2) is 7.83. The van der Waals surface area contributed by atoms with Gasteiger partial charge in [-0.05, 0) is 104 Å². The third-order valence-corrected chi connectivity index (χ3v) is 10.8. The van der Waals surface area contributed by atoms with Crippen LogP contribution in [0.5, 0.6) is 0 Å². The van der Waals surface area contributed by atoms with Gasteiger partial charge in [0.1, 0.15) is 0 Å². The number of nitrogens with zero attached hydrogens (tertiary/aromatic N) is 2. The quantitative estimate of drug-likeness (QED) is 0.707. The summed E-state index contributed by atoms with van der Waals surface area (Å²) >= 11 is 0. The van der Waals surface area contributed by atoms with E-state index in [2.05, 4.69) is 31.0 Å². The Hall–Kier alpha value is -0.940. The van der Waals surface area contributed by atoms with E-state index < -0.39 is 0 Å². The number of aryl methyl sites for hydroxylation is 2. The number of hydrogen-bond donors (Lipinski definition) is 2. The lowest BCUT2D eigenvalue weighted by atomic mass is 9.43. The third kappa shape index (κ3) is 3.49. The molecule has 0 radical (unpaired) electrons.